The van der Waals surface area contributed by atoms with Crippen molar-refractivity contribution in [1.82, 2.24) is 9.80 Å². The number of phenols is 1. The third kappa shape index (κ3) is 5.04. The zero-order valence-corrected chi connectivity index (χ0v) is 13.9. The van der Waals surface area contributed by atoms with Gasteiger partial charge in [-0.25, -0.2) is 0 Å². The van der Waals surface area contributed by atoms with Crippen molar-refractivity contribution in [2.24, 2.45) is 0 Å². The SMILES string of the molecule is CC1CN(CC(=O)N(C)CC(=O)c2ccc(O)cc2)CC(C)O1. The maximum Gasteiger partial charge on any atom is 0.236 e. The fourth-order valence-electron chi connectivity index (χ4n) is 2.77. The zero-order valence-electron chi connectivity index (χ0n) is 13.9. The molecule has 1 amide bonds. The Morgan fingerprint density at radius 3 is 2.35 bits per heavy atom. The van der Waals surface area contributed by atoms with E-state index in [1.165, 1.54) is 17.0 Å². The van der Waals surface area contributed by atoms with Gasteiger partial charge in [0.1, 0.15) is 5.75 Å². The van der Waals surface area contributed by atoms with Crippen molar-refractivity contribution in [3.05, 3.63) is 29.8 Å². The second kappa shape index (κ2) is 7.57. The second-order valence-corrected chi connectivity index (χ2v) is 6.17. The molecule has 1 N–H and O–H groups in total. The first-order valence-corrected chi connectivity index (χ1v) is 7.79. The number of phenolic OH excluding ortho intramolecular Hbond substituents is 1. The number of nitrogens with zero attached hydrogens (tertiary/aromatic N) is 2. The van der Waals surface area contributed by atoms with Crippen molar-refractivity contribution in [2.45, 2.75) is 26.1 Å². The molecular formula is C17H24N2O4. The summed E-state index contributed by atoms with van der Waals surface area (Å²) in [6, 6.07) is 6.04. The number of hydrogen-bond acceptors (Lipinski definition) is 5. The summed E-state index contributed by atoms with van der Waals surface area (Å²) < 4.78 is 5.65. The second-order valence-electron chi connectivity index (χ2n) is 6.17. The van der Waals surface area contributed by atoms with E-state index >= 15 is 0 Å². The molecule has 126 valence electrons. The Labute approximate surface area is 136 Å². The summed E-state index contributed by atoms with van der Waals surface area (Å²) in [7, 11) is 1.63. The van der Waals surface area contributed by atoms with E-state index in [1.807, 2.05) is 13.8 Å². The lowest BCUT2D eigenvalue weighted by molar-refractivity contribution is -0.134. The first-order valence-electron chi connectivity index (χ1n) is 7.79. The summed E-state index contributed by atoms with van der Waals surface area (Å²) in [5.74, 6) is -0.121. The number of carbonyl (C=O) groups is 2. The van der Waals surface area contributed by atoms with Crippen LogP contribution in [0.1, 0.15) is 24.2 Å². The number of benzene rings is 1. The van der Waals surface area contributed by atoms with E-state index in [2.05, 4.69) is 4.90 Å². The monoisotopic (exact) mass is 320 g/mol. The van der Waals surface area contributed by atoms with Crippen LogP contribution in [0, 0.1) is 0 Å². The third-order valence-corrected chi connectivity index (χ3v) is 3.85. The first kappa shape index (κ1) is 17.4. The quantitative estimate of drug-likeness (QED) is 0.824. The standard InChI is InChI=1S/C17H24N2O4/c1-12-8-19(9-13(2)23-12)11-17(22)18(3)10-16(21)14-4-6-15(20)7-5-14/h4-7,12-13,20H,8-11H2,1-3H3. The molecule has 1 saturated heterocycles. The number of Topliss-reactive ketones (excluding diaryl/α,β-unsaturated/α-hetero) is 1. The van der Waals surface area contributed by atoms with E-state index in [1.54, 1.807) is 19.2 Å². The van der Waals surface area contributed by atoms with E-state index in [0.717, 1.165) is 13.1 Å². The lowest BCUT2D eigenvalue weighted by atomic mass is 10.1. The fourth-order valence-corrected chi connectivity index (χ4v) is 2.77. The number of ketones is 1. The van der Waals surface area contributed by atoms with Crippen LogP contribution in [-0.2, 0) is 9.53 Å². The molecule has 2 unspecified atom stereocenters. The molecule has 0 radical (unpaired) electrons. The topological polar surface area (TPSA) is 70.1 Å². The number of likely N-dealkylation sites (N-methyl/N-ethyl adjacent to an activating group) is 1. The van der Waals surface area contributed by atoms with Crippen LogP contribution in [0.25, 0.3) is 0 Å². The summed E-state index contributed by atoms with van der Waals surface area (Å²) in [5.41, 5.74) is 0.482. The van der Waals surface area contributed by atoms with Crippen molar-refractivity contribution >= 4 is 11.7 Å². The number of ether oxygens (including phenoxy) is 1. The number of carbonyl (C=O) groups excluding carboxylic acids is 2. The summed E-state index contributed by atoms with van der Waals surface area (Å²) >= 11 is 0. The lowest BCUT2D eigenvalue weighted by Crippen LogP contribution is -2.49. The number of morpholine rings is 1. The van der Waals surface area contributed by atoms with Gasteiger partial charge < -0.3 is 14.7 Å². The van der Waals surface area contributed by atoms with E-state index in [0.29, 0.717) is 5.56 Å². The molecule has 23 heavy (non-hydrogen) atoms. The van der Waals surface area contributed by atoms with Gasteiger partial charge >= 0.3 is 0 Å². The summed E-state index contributed by atoms with van der Waals surface area (Å²) in [4.78, 5) is 28.0. The molecule has 1 fully saturated rings. The fraction of sp³-hybridized carbons (Fsp3) is 0.529. The maximum absolute atomic E-state index is 12.3. The number of aromatic hydroxyl groups is 1. The molecule has 6 nitrogen and oxygen atoms in total. The molecule has 0 aliphatic carbocycles. The Balaban J connectivity index is 1.87. The minimum Gasteiger partial charge on any atom is -0.508 e. The van der Waals surface area contributed by atoms with Crippen LogP contribution < -0.4 is 0 Å². The van der Waals surface area contributed by atoms with E-state index in [4.69, 9.17) is 4.74 Å². The van der Waals surface area contributed by atoms with Crippen LogP contribution >= 0.6 is 0 Å². The van der Waals surface area contributed by atoms with Crippen molar-refractivity contribution in [3.63, 3.8) is 0 Å². The molecule has 1 aliphatic heterocycles. The Morgan fingerprint density at radius 1 is 1.22 bits per heavy atom. The molecule has 1 aromatic carbocycles. The molecule has 0 aromatic heterocycles. The van der Waals surface area contributed by atoms with Gasteiger partial charge in [-0.05, 0) is 38.1 Å². The minimum atomic E-state index is -0.149. The molecule has 2 atom stereocenters. The number of amides is 1. The van der Waals surface area contributed by atoms with Gasteiger partial charge in [0.2, 0.25) is 5.91 Å². The summed E-state index contributed by atoms with van der Waals surface area (Å²) in [5, 5.41) is 9.24. The number of hydrogen-bond donors (Lipinski definition) is 1. The average molecular weight is 320 g/mol. The third-order valence-electron chi connectivity index (χ3n) is 3.85. The maximum atomic E-state index is 12.3. The Bertz CT molecular complexity index is 548. The molecule has 1 aromatic rings. The molecule has 1 heterocycles. The minimum absolute atomic E-state index is 0.0268. The van der Waals surface area contributed by atoms with E-state index in [-0.39, 0.29) is 42.7 Å². The van der Waals surface area contributed by atoms with Crippen LogP contribution in [-0.4, -0.2) is 72.0 Å². The summed E-state index contributed by atoms with van der Waals surface area (Å²) in [6.45, 7) is 5.73. The smallest absolute Gasteiger partial charge is 0.236 e. The Kier molecular flexibility index (Phi) is 5.74. The van der Waals surface area contributed by atoms with Crippen LogP contribution in [0.2, 0.25) is 0 Å². The van der Waals surface area contributed by atoms with E-state index < -0.39 is 0 Å². The predicted octanol–water partition coefficient (Wildman–Crippen LogP) is 1.14. The van der Waals surface area contributed by atoms with Crippen LogP contribution in [0.3, 0.4) is 0 Å². The lowest BCUT2D eigenvalue weighted by Gasteiger charge is -2.35. The van der Waals surface area contributed by atoms with Crippen molar-refractivity contribution < 1.29 is 19.4 Å². The highest BCUT2D eigenvalue weighted by Gasteiger charge is 2.25. The predicted molar refractivity (Wildman–Crippen MR) is 86.5 cm³/mol. The molecule has 2 rings (SSSR count). The summed E-state index contributed by atoms with van der Waals surface area (Å²) in [6.07, 6.45) is 0.214. The number of rotatable bonds is 5. The molecule has 0 bridgehead atoms. The van der Waals surface area contributed by atoms with E-state index in [9.17, 15) is 14.7 Å². The molecule has 0 spiro atoms. The van der Waals surface area contributed by atoms with Gasteiger partial charge in [-0.15, -0.1) is 0 Å². The van der Waals surface area contributed by atoms with Crippen LogP contribution in [0.15, 0.2) is 24.3 Å². The molecule has 1 aliphatic rings. The van der Waals surface area contributed by atoms with Crippen molar-refractivity contribution in [3.8, 4) is 5.75 Å². The van der Waals surface area contributed by atoms with Gasteiger partial charge in [-0.2, -0.15) is 0 Å². The van der Waals surface area contributed by atoms with Crippen LogP contribution in [0.4, 0.5) is 0 Å². The highest BCUT2D eigenvalue weighted by Crippen LogP contribution is 2.12. The Morgan fingerprint density at radius 2 is 1.78 bits per heavy atom. The average Bonchev–Trinajstić information content (AvgIpc) is 2.46. The van der Waals surface area contributed by atoms with Gasteiger partial charge in [-0.1, -0.05) is 0 Å². The van der Waals surface area contributed by atoms with Gasteiger partial charge in [0.05, 0.1) is 25.3 Å². The van der Waals surface area contributed by atoms with Gasteiger partial charge in [0.15, 0.2) is 5.78 Å². The van der Waals surface area contributed by atoms with Gasteiger partial charge in [0, 0.05) is 25.7 Å². The van der Waals surface area contributed by atoms with Crippen LogP contribution in [0.5, 0.6) is 5.75 Å². The molecule has 6 heteroatoms. The largest absolute Gasteiger partial charge is 0.508 e. The highest BCUT2D eigenvalue weighted by atomic mass is 16.5. The highest BCUT2D eigenvalue weighted by molar-refractivity contribution is 5.99. The normalized spacial score (nSPS) is 21.9. The first-order chi connectivity index (χ1) is 10.8. The zero-order chi connectivity index (χ0) is 17.0. The van der Waals surface area contributed by atoms with Crippen molar-refractivity contribution in [1.29, 1.82) is 0 Å². The van der Waals surface area contributed by atoms with Gasteiger partial charge in [0.25, 0.3) is 0 Å². The van der Waals surface area contributed by atoms with Crippen molar-refractivity contribution in [2.75, 3.05) is 33.2 Å². The Hall–Kier alpha value is -1.92. The van der Waals surface area contributed by atoms with Gasteiger partial charge in [-0.3, -0.25) is 14.5 Å². The molecule has 0 saturated carbocycles. The molecular weight excluding hydrogens is 296 g/mol.